The van der Waals surface area contributed by atoms with Crippen LogP contribution in [0.3, 0.4) is 0 Å². The van der Waals surface area contributed by atoms with Crippen molar-refractivity contribution >= 4 is 23.0 Å². The zero-order valence-electron chi connectivity index (χ0n) is 19.5. The highest BCUT2D eigenvalue weighted by molar-refractivity contribution is 6.30. The lowest BCUT2D eigenvalue weighted by molar-refractivity contribution is -0.122. The number of aromatic nitrogens is 3. The van der Waals surface area contributed by atoms with Crippen LogP contribution in [-0.4, -0.2) is 70.5 Å². The van der Waals surface area contributed by atoms with Gasteiger partial charge in [-0.2, -0.15) is 0 Å². The van der Waals surface area contributed by atoms with Crippen molar-refractivity contribution in [3.8, 4) is 17.1 Å². The van der Waals surface area contributed by atoms with Gasteiger partial charge >= 0.3 is 0 Å². The van der Waals surface area contributed by atoms with Crippen molar-refractivity contribution in [2.45, 2.75) is 32.9 Å². The van der Waals surface area contributed by atoms with E-state index >= 15 is 0 Å². The van der Waals surface area contributed by atoms with Crippen LogP contribution in [-0.2, 0) is 16.1 Å². The Labute approximate surface area is 203 Å². The highest BCUT2D eigenvalue weighted by Gasteiger charge is 2.17. The van der Waals surface area contributed by atoms with Gasteiger partial charge in [0.05, 0.1) is 31.7 Å². The maximum absolute atomic E-state index is 13.4. The van der Waals surface area contributed by atoms with Crippen molar-refractivity contribution in [1.29, 1.82) is 0 Å². The minimum Gasteiger partial charge on any atom is -0.477 e. The largest absolute Gasteiger partial charge is 0.477 e. The van der Waals surface area contributed by atoms with Crippen molar-refractivity contribution in [3.63, 3.8) is 0 Å². The molecule has 0 unspecified atom stereocenters. The number of hydrogen-bond acceptors (Lipinski definition) is 6. The fourth-order valence-electron chi connectivity index (χ4n) is 3.97. The maximum Gasteiger partial charge on any atom is 0.277 e. The van der Waals surface area contributed by atoms with Gasteiger partial charge in [-0.15, -0.1) is 5.10 Å². The van der Waals surface area contributed by atoms with E-state index in [1.165, 1.54) is 9.08 Å². The Bertz CT molecular complexity index is 1200. The van der Waals surface area contributed by atoms with Crippen LogP contribution in [0.5, 0.6) is 5.88 Å². The van der Waals surface area contributed by atoms with E-state index in [1.807, 2.05) is 19.9 Å². The molecule has 9 nitrogen and oxygen atoms in total. The van der Waals surface area contributed by atoms with E-state index in [0.29, 0.717) is 34.3 Å². The summed E-state index contributed by atoms with van der Waals surface area (Å²) in [5, 5.41) is 7.82. The van der Waals surface area contributed by atoms with Crippen molar-refractivity contribution < 1.29 is 14.3 Å². The van der Waals surface area contributed by atoms with Crippen molar-refractivity contribution in [2.24, 2.45) is 0 Å². The van der Waals surface area contributed by atoms with Crippen LogP contribution < -0.4 is 15.6 Å². The minimum atomic E-state index is -0.327. The number of carbonyl (C=O) groups excluding carboxylic acids is 1. The van der Waals surface area contributed by atoms with Crippen molar-refractivity contribution in [1.82, 2.24) is 24.4 Å². The summed E-state index contributed by atoms with van der Waals surface area (Å²) < 4.78 is 14.2. The predicted molar refractivity (Wildman–Crippen MR) is 131 cm³/mol. The first-order valence-corrected chi connectivity index (χ1v) is 11.9. The standard InChI is InChI=1S/C24H30ClN5O4/c1-17(2)26-22(31)16-29-21(18-5-3-6-19(25)13-18)15-30-20(24(29)32)14-23(27-30)34-10-4-7-28-8-11-33-12-9-28/h3,5-6,13-15,17H,4,7-12,16H2,1-2H3,(H,26,31). The van der Waals surface area contributed by atoms with Gasteiger partial charge in [0.2, 0.25) is 11.8 Å². The number of morpholine rings is 1. The van der Waals surface area contributed by atoms with Crippen LogP contribution in [0.1, 0.15) is 20.3 Å². The minimum absolute atomic E-state index is 0.0333. The molecule has 0 spiro atoms. The van der Waals surface area contributed by atoms with Gasteiger partial charge in [-0.25, -0.2) is 4.52 Å². The molecule has 34 heavy (non-hydrogen) atoms. The quantitative estimate of drug-likeness (QED) is 0.466. The summed E-state index contributed by atoms with van der Waals surface area (Å²) >= 11 is 6.19. The molecule has 1 N–H and O–H groups in total. The molecule has 0 atom stereocenters. The summed E-state index contributed by atoms with van der Waals surface area (Å²) in [7, 11) is 0. The molecule has 1 amide bonds. The number of halogens is 1. The van der Waals surface area contributed by atoms with Crippen LogP contribution in [0.25, 0.3) is 16.8 Å². The van der Waals surface area contributed by atoms with E-state index in [0.717, 1.165) is 39.3 Å². The average Bonchev–Trinajstić information content (AvgIpc) is 3.22. The zero-order chi connectivity index (χ0) is 24.1. The van der Waals surface area contributed by atoms with Gasteiger partial charge in [0.25, 0.3) is 5.56 Å². The second-order valence-corrected chi connectivity index (χ2v) is 9.04. The number of nitrogens with zero attached hydrogens (tertiary/aromatic N) is 4. The van der Waals surface area contributed by atoms with Crippen LogP contribution in [0, 0.1) is 0 Å². The summed E-state index contributed by atoms with van der Waals surface area (Å²) in [6.07, 6.45) is 2.58. The monoisotopic (exact) mass is 487 g/mol. The Balaban J connectivity index is 1.58. The number of benzene rings is 1. The first-order chi connectivity index (χ1) is 16.4. The number of hydrogen-bond donors (Lipinski definition) is 1. The van der Waals surface area contributed by atoms with Crippen LogP contribution in [0.15, 0.2) is 41.3 Å². The third-order valence-corrected chi connectivity index (χ3v) is 5.79. The lowest BCUT2D eigenvalue weighted by Crippen LogP contribution is -2.37. The number of fused-ring (bicyclic) bond motifs is 1. The normalized spacial score (nSPS) is 14.6. The molecule has 1 aliphatic rings. The Morgan fingerprint density at radius 2 is 2.06 bits per heavy atom. The summed E-state index contributed by atoms with van der Waals surface area (Å²) in [5.41, 5.74) is 1.27. The average molecular weight is 488 g/mol. The number of nitrogens with one attached hydrogen (secondary N) is 1. The van der Waals surface area contributed by atoms with Crippen LogP contribution in [0.2, 0.25) is 5.02 Å². The number of rotatable bonds is 9. The highest BCUT2D eigenvalue weighted by Crippen LogP contribution is 2.23. The molecular formula is C24H30ClN5O4. The van der Waals surface area contributed by atoms with Gasteiger partial charge in [0.15, 0.2) is 0 Å². The van der Waals surface area contributed by atoms with E-state index in [2.05, 4.69) is 15.3 Å². The summed E-state index contributed by atoms with van der Waals surface area (Å²) in [5.74, 6) is 0.129. The van der Waals surface area contributed by atoms with Crippen LogP contribution >= 0.6 is 11.6 Å². The molecule has 10 heteroatoms. The van der Waals surface area contributed by atoms with E-state index in [-0.39, 0.29) is 24.1 Å². The molecule has 3 aromatic rings. The van der Waals surface area contributed by atoms with Gasteiger partial charge in [0, 0.05) is 42.3 Å². The van der Waals surface area contributed by atoms with Gasteiger partial charge in [-0.3, -0.25) is 19.1 Å². The number of ether oxygens (including phenoxy) is 2. The second-order valence-electron chi connectivity index (χ2n) is 8.61. The predicted octanol–water partition coefficient (Wildman–Crippen LogP) is 2.44. The summed E-state index contributed by atoms with van der Waals surface area (Å²) in [4.78, 5) is 28.3. The molecular weight excluding hydrogens is 458 g/mol. The summed E-state index contributed by atoms with van der Waals surface area (Å²) in [6.45, 7) is 8.46. The fourth-order valence-corrected chi connectivity index (χ4v) is 4.16. The van der Waals surface area contributed by atoms with Gasteiger partial charge in [-0.05, 0) is 32.4 Å². The smallest absolute Gasteiger partial charge is 0.277 e. The first-order valence-electron chi connectivity index (χ1n) is 11.5. The third kappa shape index (κ3) is 5.97. The molecule has 0 aliphatic carbocycles. The molecule has 2 aromatic heterocycles. The van der Waals surface area contributed by atoms with E-state index < -0.39 is 0 Å². The molecule has 1 aliphatic heterocycles. The lowest BCUT2D eigenvalue weighted by Gasteiger charge is -2.26. The fraction of sp³-hybridized carbons (Fsp3) is 0.458. The summed E-state index contributed by atoms with van der Waals surface area (Å²) in [6, 6.07) is 8.75. The molecule has 4 rings (SSSR count). The molecule has 1 aromatic carbocycles. The molecule has 1 fully saturated rings. The number of amides is 1. The van der Waals surface area contributed by atoms with Gasteiger partial charge in [0.1, 0.15) is 12.1 Å². The Kier molecular flexibility index (Phi) is 7.87. The van der Waals surface area contributed by atoms with E-state index in [4.69, 9.17) is 21.1 Å². The molecule has 182 valence electrons. The maximum atomic E-state index is 13.4. The first kappa shape index (κ1) is 24.3. The molecule has 0 radical (unpaired) electrons. The Morgan fingerprint density at radius 3 is 2.79 bits per heavy atom. The number of carbonyl (C=O) groups is 1. The van der Waals surface area contributed by atoms with E-state index in [1.54, 1.807) is 30.5 Å². The van der Waals surface area contributed by atoms with E-state index in [9.17, 15) is 9.59 Å². The highest BCUT2D eigenvalue weighted by atomic mass is 35.5. The second kappa shape index (κ2) is 11.0. The zero-order valence-corrected chi connectivity index (χ0v) is 20.3. The Morgan fingerprint density at radius 1 is 1.26 bits per heavy atom. The Hall–Kier alpha value is -2.88. The van der Waals surface area contributed by atoms with Crippen molar-refractivity contribution in [2.75, 3.05) is 39.5 Å². The third-order valence-electron chi connectivity index (χ3n) is 5.56. The molecule has 0 saturated carbocycles. The van der Waals surface area contributed by atoms with Gasteiger partial charge < -0.3 is 14.8 Å². The molecule has 3 heterocycles. The van der Waals surface area contributed by atoms with Crippen molar-refractivity contribution in [3.05, 3.63) is 51.9 Å². The topological polar surface area (TPSA) is 90.1 Å². The lowest BCUT2D eigenvalue weighted by atomic mass is 10.1. The van der Waals surface area contributed by atoms with Crippen LogP contribution in [0.4, 0.5) is 0 Å². The SMILES string of the molecule is CC(C)NC(=O)Cn1c(-c2cccc(Cl)c2)cn2nc(OCCCN3CCOCC3)cc2c1=O. The molecule has 1 saturated heterocycles. The van der Waals surface area contributed by atoms with Gasteiger partial charge in [-0.1, -0.05) is 23.7 Å². The molecule has 0 bridgehead atoms.